The van der Waals surface area contributed by atoms with E-state index >= 15 is 0 Å². The first-order valence-electron chi connectivity index (χ1n) is 4.00. The van der Waals surface area contributed by atoms with Gasteiger partial charge in [0.2, 0.25) is 0 Å². The highest BCUT2D eigenvalue weighted by Gasteiger charge is 2.26. The third kappa shape index (κ3) is 2.85. The number of ketones is 1. The molecule has 0 bridgehead atoms. The first kappa shape index (κ1) is 11.6. The van der Waals surface area contributed by atoms with Crippen molar-refractivity contribution in [2.24, 2.45) is 0 Å². The molecular weight excluding hydrogens is 174 g/mol. The monoisotopic (exact) mass is 187 g/mol. The van der Waals surface area contributed by atoms with Gasteiger partial charge in [-0.2, -0.15) is 0 Å². The third-order valence-electron chi connectivity index (χ3n) is 1.62. The van der Waals surface area contributed by atoms with Crippen LogP contribution < -0.4 is 0 Å². The van der Waals surface area contributed by atoms with Crippen molar-refractivity contribution in [3.8, 4) is 0 Å². The number of methoxy groups -OCH3 is 1. The predicted octanol–water partition coefficient (Wildman–Crippen LogP) is -0.403. The molecule has 0 unspecified atom stereocenters. The fourth-order valence-corrected chi connectivity index (χ4v) is 0.834. The molecule has 0 N–H and O–H groups in total. The molecule has 0 atom stereocenters. The molecule has 5 nitrogen and oxygen atoms in total. The highest BCUT2D eigenvalue weighted by atomic mass is 16.5. The second kappa shape index (κ2) is 5.29. The molecule has 0 aromatic rings. The van der Waals surface area contributed by atoms with Gasteiger partial charge in [0.25, 0.3) is 0 Å². The van der Waals surface area contributed by atoms with E-state index in [1.807, 2.05) is 0 Å². The van der Waals surface area contributed by atoms with E-state index in [0.29, 0.717) is 13.1 Å². The number of hydrogen-bond acceptors (Lipinski definition) is 4. The van der Waals surface area contributed by atoms with E-state index < -0.39 is 17.7 Å². The maximum Gasteiger partial charge on any atom is 0.384 e. The van der Waals surface area contributed by atoms with Gasteiger partial charge in [0, 0.05) is 13.1 Å². The molecule has 1 amide bonds. The number of amides is 1. The zero-order valence-corrected chi connectivity index (χ0v) is 7.99. The standard InChI is InChI=1S/C8H13NO4/c1-4-9(5-2)7(11)6(10)8(12)13-3/h4-5H2,1-3H3. The van der Waals surface area contributed by atoms with Crippen molar-refractivity contribution in [3.05, 3.63) is 0 Å². The molecule has 74 valence electrons. The van der Waals surface area contributed by atoms with E-state index in [1.54, 1.807) is 13.8 Å². The van der Waals surface area contributed by atoms with E-state index in [2.05, 4.69) is 4.74 Å². The van der Waals surface area contributed by atoms with Crippen molar-refractivity contribution in [2.75, 3.05) is 20.2 Å². The highest BCUT2D eigenvalue weighted by Crippen LogP contribution is 1.91. The van der Waals surface area contributed by atoms with Gasteiger partial charge in [-0.1, -0.05) is 0 Å². The van der Waals surface area contributed by atoms with Gasteiger partial charge < -0.3 is 9.64 Å². The second-order valence-corrected chi connectivity index (χ2v) is 2.30. The number of carbonyl (C=O) groups excluding carboxylic acids is 3. The van der Waals surface area contributed by atoms with E-state index in [0.717, 1.165) is 7.11 Å². The van der Waals surface area contributed by atoms with Crippen LogP contribution in [0.25, 0.3) is 0 Å². The van der Waals surface area contributed by atoms with Crippen LogP contribution >= 0.6 is 0 Å². The smallest absolute Gasteiger partial charge is 0.384 e. The molecule has 0 aliphatic carbocycles. The summed E-state index contributed by atoms with van der Waals surface area (Å²) in [4.78, 5) is 34.1. The molecule has 13 heavy (non-hydrogen) atoms. The molecule has 0 aromatic heterocycles. The van der Waals surface area contributed by atoms with E-state index in [4.69, 9.17) is 0 Å². The van der Waals surface area contributed by atoms with Gasteiger partial charge in [0.15, 0.2) is 0 Å². The highest BCUT2D eigenvalue weighted by molar-refractivity contribution is 6.61. The lowest BCUT2D eigenvalue weighted by molar-refractivity contribution is -0.158. The molecule has 0 rings (SSSR count). The quantitative estimate of drug-likeness (QED) is 0.341. The van der Waals surface area contributed by atoms with Gasteiger partial charge in [-0.05, 0) is 13.8 Å². The predicted molar refractivity (Wildman–Crippen MR) is 45.0 cm³/mol. The average molecular weight is 187 g/mol. The van der Waals surface area contributed by atoms with Crippen molar-refractivity contribution < 1.29 is 19.1 Å². The Hall–Kier alpha value is -1.39. The summed E-state index contributed by atoms with van der Waals surface area (Å²) in [5.74, 6) is -3.04. The lowest BCUT2D eigenvalue weighted by Crippen LogP contribution is -2.40. The summed E-state index contributed by atoms with van der Waals surface area (Å²) in [6.07, 6.45) is 0. The van der Waals surface area contributed by atoms with Crippen LogP contribution in [0.5, 0.6) is 0 Å². The lowest BCUT2D eigenvalue weighted by atomic mass is 10.3. The minimum absolute atomic E-state index is 0.401. The van der Waals surface area contributed by atoms with Crippen LogP contribution in [0.15, 0.2) is 0 Å². The summed E-state index contributed by atoms with van der Waals surface area (Å²) in [5.41, 5.74) is 0. The summed E-state index contributed by atoms with van der Waals surface area (Å²) in [6.45, 7) is 4.26. The number of esters is 1. The first-order chi connectivity index (χ1) is 6.08. The van der Waals surface area contributed by atoms with Crippen LogP contribution in [0, 0.1) is 0 Å². The minimum atomic E-state index is -1.12. The van der Waals surface area contributed by atoms with Gasteiger partial charge in [-0.3, -0.25) is 9.59 Å². The number of carbonyl (C=O) groups is 3. The number of rotatable bonds is 4. The Morgan fingerprint density at radius 3 is 1.92 bits per heavy atom. The summed E-state index contributed by atoms with van der Waals surface area (Å²) in [5, 5.41) is 0. The molecule has 0 spiro atoms. The fourth-order valence-electron chi connectivity index (χ4n) is 0.834. The Balaban J connectivity index is 4.41. The number of likely N-dealkylation sites (N-methyl/N-ethyl adjacent to an activating group) is 1. The van der Waals surface area contributed by atoms with Gasteiger partial charge in [-0.25, -0.2) is 4.79 Å². The molecule has 0 heterocycles. The molecule has 0 saturated carbocycles. The normalized spacial score (nSPS) is 9.15. The summed E-state index contributed by atoms with van der Waals surface area (Å²) in [6, 6.07) is 0. The molecule has 0 radical (unpaired) electrons. The Kier molecular flexibility index (Phi) is 4.72. The minimum Gasteiger partial charge on any atom is -0.463 e. The molecular formula is C8H13NO4. The van der Waals surface area contributed by atoms with Gasteiger partial charge >= 0.3 is 17.7 Å². The molecule has 0 aliphatic heterocycles. The van der Waals surface area contributed by atoms with Crippen molar-refractivity contribution in [2.45, 2.75) is 13.8 Å². The Labute approximate surface area is 76.7 Å². The first-order valence-corrected chi connectivity index (χ1v) is 4.00. The lowest BCUT2D eigenvalue weighted by Gasteiger charge is -2.16. The third-order valence-corrected chi connectivity index (χ3v) is 1.62. The number of hydrogen-bond donors (Lipinski definition) is 0. The number of ether oxygens (including phenoxy) is 1. The SMILES string of the molecule is CCN(CC)C(=O)C(=O)C(=O)OC. The van der Waals surface area contributed by atoms with Gasteiger partial charge in [0.1, 0.15) is 0 Å². The Morgan fingerprint density at radius 1 is 1.15 bits per heavy atom. The molecule has 0 aromatic carbocycles. The summed E-state index contributed by atoms with van der Waals surface area (Å²) in [7, 11) is 1.07. The molecule has 0 aliphatic rings. The van der Waals surface area contributed by atoms with Crippen LogP contribution in [0.2, 0.25) is 0 Å². The van der Waals surface area contributed by atoms with Crippen LogP contribution in [-0.2, 0) is 19.1 Å². The van der Waals surface area contributed by atoms with Crippen molar-refractivity contribution >= 4 is 17.7 Å². The number of Topliss-reactive ketones (excluding diaryl/α,β-unsaturated/α-hetero) is 1. The van der Waals surface area contributed by atoms with Crippen LogP contribution in [-0.4, -0.2) is 42.8 Å². The Bertz CT molecular complexity index is 220. The van der Waals surface area contributed by atoms with E-state index in [1.165, 1.54) is 4.90 Å². The zero-order valence-electron chi connectivity index (χ0n) is 7.99. The maximum atomic E-state index is 11.2. The second-order valence-electron chi connectivity index (χ2n) is 2.30. The van der Waals surface area contributed by atoms with Gasteiger partial charge in [-0.15, -0.1) is 0 Å². The summed E-state index contributed by atoms with van der Waals surface area (Å²) >= 11 is 0. The molecule has 0 fully saturated rings. The summed E-state index contributed by atoms with van der Waals surface area (Å²) < 4.78 is 4.14. The van der Waals surface area contributed by atoms with Gasteiger partial charge in [0.05, 0.1) is 7.11 Å². The van der Waals surface area contributed by atoms with E-state index in [9.17, 15) is 14.4 Å². The van der Waals surface area contributed by atoms with Crippen molar-refractivity contribution in [1.82, 2.24) is 4.90 Å². The molecule has 5 heteroatoms. The van der Waals surface area contributed by atoms with Crippen LogP contribution in [0.1, 0.15) is 13.8 Å². The fraction of sp³-hybridized carbons (Fsp3) is 0.625. The van der Waals surface area contributed by atoms with Crippen molar-refractivity contribution in [3.63, 3.8) is 0 Å². The average Bonchev–Trinajstić information content (AvgIpc) is 2.17. The molecule has 0 saturated heterocycles. The Morgan fingerprint density at radius 2 is 1.62 bits per heavy atom. The topological polar surface area (TPSA) is 63.7 Å². The van der Waals surface area contributed by atoms with Crippen LogP contribution in [0.4, 0.5) is 0 Å². The maximum absolute atomic E-state index is 11.2. The zero-order chi connectivity index (χ0) is 10.4. The number of nitrogens with zero attached hydrogens (tertiary/aromatic N) is 1. The van der Waals surface area contributed by atoms with E-state index in [-0.39, 0.29) is 0 Å². The largest absolute Gasteiger partial charge is 0.463 e. The van der Waals surface area contributed by atoms with Crippen molar-refractivity contribution in [1.29, 1.82) is 0 Å². The van der Waals surface area contributed by atoms with Crippen LogP contribution in [0.3, 0.4) is 0 Å².